The fourth-order valence-corrected chi connectivity index (χ4v) is 6.19. The highest BCUT2D eigenvalue weighted by molar-refractivity contribution is 6.07. The van der Waals surface area contributed by atoms with Gasteiger partial charge in [-0.25, -0.2) is 19.6 Å². The Morgan fingerprint density at radius 2 is 1.48 bits per heavy atom. The molecule has 11 heteroatoms. The maximum atomic E-state index is 12.9. The van der Waals surface area contributed by atoms with E-state index in [1.165, 1.54) is 0 Å². The molecule has 0 radical (unpaired) electrons. The first-order valence-electron chi connectivity index (χ1n) is 17.4. The van der Waals surface area contributed by atoms with E-state index >= 15 is 0 Å². The highest BCUT2D eigenvalue weighted by Gasteiger charge is 2.25. The third-order valence-electron chi connectivity index (χ3n) is 8.31. The van der Waals surface area contributed by atoms with Gasteiger partial charge in [0.2, 0.25) is 0 Å². The van der Waals surface area contributed by atoms with Crippen molar-refractivity contribution in [1.29, 1.82) is 0 Å². The quantitative estimate of drug-likeness (QED) is 0.159. The molecule has 0 unspecified atom stereocenters. The number of H-pyrrole nitrogens is 2. The van der Waals surface area contributed by atoms with Gasteiger partial charge in [-0.2, -0.15) is 0 Å². The van der Waals surface area contributed by atoms with Crippen LogP contribution in [0.2, 0.25) is 0 Å². The van der Waals surface area contributed by atoms with E-state index in [2.05, 4.69) is 51.4 Å². The van der Waals surface area contributed by atoms with Crippen molar-refractivity contribution in [2.75, 3.05) is 13.1 Å². The van der Waals surface area contributed by atoms with Gasteiger partial charge in [-0.15, -0.1) is 0 Å². The molecule has 2 N–H and O–H groups in total. The summed E-state index contributed by atoms with van der Waals surface area (Å²) in [5.74, 6) is 2.20. The number of carbonyl (C=O) groups is 2. The van der Waals surface area contributed by atoms with E-state index in [1.807, 2.05) is 61.5 Å². The number of aromatic amines is 2. The molecule has 0 saturated heterocycles. The van der Waals surface area contributed by atoms with Crippen molar-refractivity contribution in [2.45, 2.75) is 99.1 Å². The maximum absolute atomic E-state index is 12.9. The Morgan fingerprint density at radius 3 is 2.12 bits per heavy atom. The average Bonchev–Trinajstić information content (AvgIpc) is 3.69. The van der Waals surface area contributed by atoms with Gasteiger partial charge in [-0.05, 0) is 101 Å². The molecule has 11 nitrogen and oxygen atoms in total. The number of hydrogen-bond donors (Lipinski definition) is 2. The van der Waals surface area contributed by atoms with Crippen molar-refractivity contribution in [1.82, 2.24) is 29.7 Å². The standard InChI is InChI=1S/C39H48N6O5/c1-9-15-44(36(46)49-38(3,4)5)21-33-40-20-31(42-33)25-11-13-27-26(17-25)23-48-32-19-28-24(18-29(27)32)12-14-30-35(28)43-34(41-30)22-45(16-10-2)37(47)50-39(6,7)8/h11-14,17-20H,9-10,15-16,21-23H2,1-8H3,(H,40,42)(H,41,43). The number of carbonyl (C=O) groups excluding carboxylic acids is 2. The van der Waals surface area contributed by atoms with E-state index in [1.54, 1.807) is 16.0 Å². The molecule has 3 aromatic carbocycles. The zero-order chi connectivity index (χ0) is 35.8. The van der Waals surface area contributed by atoms with Crippen molar-refractivity contribution in [3.8, 4) is 28.1 Å². The number of fused-ring (bicyclic) bond motifs is 6. The molecule has 1 aliphatic rings. The molecule has 1 aliphatic heterocycles. The lowest BCUT2D eigenvalue weighted by Gasteiger charge is -2.26. The summed E-state index contributed by atoms with van der Waals surface area (Å²) in [5.41, 5.74) is 5.68. The first-order valence-corrected chi connectivity index (χ1v) is 17.4. The van der Waals surface area contributed by atoms with Crippen LogP contribution < -0.4 is 4.74 Å². The van der Waals surface area contributed by atoms with Crippen LogP contribution in [0.5, 0.6) is 5.75 Å². The number of imidazole rings is 2. The summed E-state index contributed by atoms with van der Waals surface area (Å²) in [5, 5.41) is 2.03. The van der Waals surface area contributed by atoms with Gasteiger partial charge < -0.3 is 34.0 Å². The SMILES string of the molecule is CCCN(Cc1ncc(-c2ccc3c(c2)COc2cc4c(ccc5[nH]c(CN(CCC)C(=O)OC(C)(C)C)nc54)cc2-3)[nH]1)C(=O)OC(C)(C)C. The summed E-state index contributed by atoms with van der Waals surface area (Å²) in [6.07, 6.45) is 2.74. The van der Waals surface area contributed by atoms with Crippen molar-refractivity contribution in [2.24, 2.45) is 0 Å². The van der Waals surface area contributed by atoms with Crippen LogP contribution in [0.1, 0.15) is 85.4 Å². The average molecular weight is 681 g/mol. The largest absolute Gasteiger partial charge is 0.488 e. The molecule has 3 heterocycles. The second-order valence-electron chi connectivity index (χ2n) is 14.9. The summed E-state index contributed by atoms with van der Waals surface area (Å²) in [6, 6.07) is 14.7. The first kappa shape index (κ1) is 34.8. The highest BCUT2D eigenvalue weighted by atomic mass is 16.6. The van der Waals surface area contributed by atoms with Crippen molar-refractivity contribution >= 4 is 34.0 Å². The molecule has 0 fully saturated rings. The van der Waals surface area contributed by atoms with Gasteiger partial charge in [0.15, 0.2) is 0 Å². The lowest BCUT2D eigenvalue weighted by Crippen LogP contribution is -2.37. The van der Waals surface area contributed by atoms with E-state index in [0.717, 1.165) is 68.3 Å². The van der Waals surface area contributed by atoms with E-state index in [0.29, 0.717) is 44.4 Å². The predicted molar refractivity (Wildman–Crippen MR) is 195 cm³/mol. The number of amides is 2. The Bertz CT molecular complexity index is 2030. The van der Waals surface area contributed by atoms with Crippen LogP contribution in [0, 0.1) is 0 Å². The zero-order valence-corrected chi connectivity index (χ0v) is 30.4. The van der Waals surface area contributed by atoms with Gasteiger partial charge in [0, 0.05) is 24.0 Å². The molecule has 2 aromatic heterocycles. The summed E-state index contributed by atoms with van der Waals surface area (Å²) >= 11 is 0. The summed E-state index contributed by atoms with van der Waals surface area (Å²) in [4.78, 5) is 45.4. The second-order valence-corrected chi connectivity index (χ2v) is 14.9. The lowest BCUT2D eigenvalue weighted by molar-refractivity contribution is 0.0219. The van der Waals surface area contributed by atoms with Gasteiger partial charge in [-0.1, -0.05) is 32.0 Å². The van der Waals surface area contributed by atoms with Crippen LogP contribution in [0.25, 0.3) is 44.2 Å². The lowest BCUT2D eigenvalue weighted by atomic mass is 9.92. The molecule has 2 amide bonds. The number of hydrogen-bond acceptors (Lipinski definition) is 7. The van der Waals surface area contributed by atoms with E-state index in [9.17, 15) is 9.59 Å². The molecule has 5 aromatic rings. The summed E-state index contributed by atoms with van der Waals surface area (Å²) < 4.78 is 17.6. The molecule has 0 atom stereocenters. The van der Waals surface area contributed by atoms with Crippen LogP contribution in [0.15, 0.2) is 48.7 Å². The normalized spacial score (nSPS) is 12.7. The van der Waals surface area contributed by atoms with Crippen molar-refractivity contribution in [3.63, 3.8) is 0 Å². The van der Waals surface area contributed by atoms with Crippen LogP contribution >= 0.6 is 0 Å². The molecular formula is C39H48N6O5. The smallest absolute Gasteiger partial charge is 0.410 e. The monoisotopic (exact) mass is 680 g/mol. The zero-order valence-electron chi connectivity index (χ0n) is 30.4. The van der Waals surface area contributed by atoms with E-state index < -0.39 is 11.2 Å². The number of benzene rings is 3. The molecule has 0 aliphatic carbocycles. The third-order valence-corrected chi connectivity index (χ3v) is 8.31. The predicted octanol–water partition coefficient (Wildman–Crippen LogP) is 8.96. The molecule has 0 spiro atoms. The third kappa shape index (κ3) is 7.72. The van der Waals surface area contributed by atoms with Crippen LogP contribution in [-0.4, -0.2) is 66.2 Å². The minimum Gasteiger partial charge on any atom is -0.488 e. The molecular weight excluding hydrogens is 632 g/mol. The number of nitrogens with zero attached hydrogens (tertiary/aromatic N) is 4. The Labute approximate surface area is 293 Å². The molecule has 0 saturated carbocycles. The van der Waals surface area contributed by atoms with Crippen LogP contribution in [0.4, 0.5) is 9.59 Å². The van der Waals surface area contributed by atoms with Gasteiger partial charge in [0.05, 0.1) is 36.0 Å². The Hall–Kier alpha value is -5.06. The summed E-state index contributed by atoms with van der Waals surface area (Å²) in [6.45, 7) is 17.5. The molecule has 6 rings (SSSR count). The molecule has 0 bridgehead atoms. The fraction of sp³-hybridized carbons (Fsp3) is 0.436. The fourth-order valence-electron chi connectivity index (χ4n) is 6.19. The van der Waals surface area contributed by atoms with Gasteiger partial charge in [0.25, 0.3) is 0 Å². The van der Waals surface area contributed by atoms with Gasteiger partial charge in [0.1, 0.15) is 35.2 Å². The Kier molecular flexibility index (Phi) is 9.52. The van der Waals surface area contributed by atoms with E-state index in [4.69, 9.17) is 19.2 Å². The van der Waals surface area contributed by atoms with Crippen molar-refractivity contribution in [3.05, 3.63) is 65.9 Å². The maximum Gasteiger partial charge on any atom is 0.410 e. The Morgan fingerprint density at radius 1 is 0.820 bits per heavy atom. The Balaban J connectivity index is 1.23. The number of rotatable bonds is 9. The number of aromatic nitrogens is 4. The number of nitrogens with one attached hydrogen (secondary N) is 2. The second kappa shape index (κ2) is 13.7. The molecule has 264 valence electrons. The highest BCUT2D eigenvalue weighted by Crippen LogP contribution is 2.42. The van der Waals surface area contributed by atoms with Gasteiger partial charge >= 0.3 is 12.2 Å². The minimum absolute atomic E-state index is 0.328. The van der Waals surface area contributed by atoms with Crippen molar-refractivity contribution < 1.29 is 23.8 Å². The first-order chi connectivity index (χ1) is 23.7. The van der Waals surface area contributed by atoms with E-state index in [-0.39, 0.29) is 12.2 Å². The van der Waals surface area contributed by atoms with Gasteiger partial charge in [-0.3, -0.25) is 0 Å². The number of ether oxygens (including phenoxy) is 3. The summed E-state index contributed by atoms with van der Waals surface area (Å²) in [7, 11) is 0. The van der Waals surface area contributed by atoms with Crippen LogP contribution in [-0.2, 0) is 29.2 Å². The topological polar surface area (TPSA) is 126 Å². The van der Waals surface area contributed by atoms with Crippen LogP contribution in [0.3, 0.4) is 0 Å². The molecule has 50 heavy (non-hydrogen) atoms. The minimum atomic E-state index is -0.573.